The van der Waals surface area contributed by atoms with Crippen LogP contribution in [0.5, 0.6) is 0 Å². The molecule has 0 aromatic heterocycles. The molecule has 0 aliphatic heterocycles. The second kappa shape index (κ2) is 9.03. The van der Waals surface area contributed by atoms with Gasteiger partial charge in [-0.25, -0.2) is 9.30 Å². The molecule has 0 bridgehead atoms. The van der Waals surface area contributed by atoms with Crippen molar-refractivity contribution in [3.63, 3.8) is 0 Å². The summed E-state index contributed by atoms with van der Waals surface area (Å²) in [4.78, 5) is 4.57. The van der Waals surface area contributed by atoms with Crippen molar-refractivity contribution in [3.05, 3.63) is 29.3 Å². The van der Waals surface area contributed by atoms with E-state index in [1.165, 1.54) is 24.0 Å². The van der Waals surface area contributed by atoms with Gasteiger partial charge in [0.2, 0.25) is 0 Å². The lowest BCUT2D eigenvalue weighted by Gasteiger charge is -2.23. The van der Waals surface area contributed by atoms with Gasteiger partial charge in [0.1, 0.15) is 6.34 Å². The Balaban J connectivity index is 2.55. The lowest BCUT2D eigenvalue weighted by molar-refractivity contribution is 0.468. The molecule has 1 aromatic carbocycles. The number of aliphatic imine (C=N–C) groups is 1. The van der Waals surface area contributed by atoms with Crippen LogP contribution in [0.2, 0.25) is 0 Å². The zero-order valence-electron chi connectivity index (χ0n) is 13.4. The predicted octanol–water partition coefficient (Wildman–Crippen LogP) is 4.58. The minimum absolute atomic E-state index is 1.04. The number of unbranched alkanes of at least 4 members (excludes halogenated alkanes) is 1. The SMILES string of the molecule is CCCCN(CC)SN(C)C=Nc1ccc(C)cc1C. The summed E-state index contributed by atoms with van der Waals surface area (Å²) in [7, 11) is 2.05. The first-order chi connectivity index (χ1) is 9.56. The molecule has 0 amide bonds. The molecular formula is C16H27N3S. The molecule has 4 heteroatoms. The van der Waals surface area contributed by atoms with E-state index in [0.29, 0.717) is 0 Å². The molecule has 0 atom stereocenters. The summed E-state index contributed by atoms with van der Waals surface area (Å²) in [5.41, 5.74) is 3.54. The van der Waals surface area contributed by atoms with E-state index in [9.17, 15) is 0 Å². The summed E-state index contributed by atoms with van der Waals surface area (Å²) in [5, 5.41) is 0. The maximum absolute atomic E-state index is 4.57. The van der Waals surface area contributed by atoms with Crippen LogP contribution in [0.1, 0.15) is 37.8 Å². The van der Waals surface area contributed by atoms with E-state index >= 15 is 0 Å². The molecule has 0 N–H and O–H groups in total. The Kier molecular flexibility index (Phi) is 7.70. The zero-order valence-corrected chi connectivity index (χ0v) is 14.2. The van der Waals surface area contributed by atoms with Gasteiger partial charge in [-0.2, -0.15) is 0 Å². The normalized spacial score (nSPS) is 11.5. The average Bonchev–Trinajstić information content (AvgIpc) is 2.42. The topological polar surface area (TPSA) is 18.8 Å². The molecular weight excluding hydrogens is 266 g/mol. The van der Waals surface area contributed by atoms with Crippen LogP contribution >= 0.6 is 12.1 Å². The van der Waals surface area contributed by atoms with Crippen molar-refractivity contribution in [1.82, 2.24) is 8.61 Å². The Morgan fingerprint density at radius 3 is 2.60 bits per heavy atom. The molecule has 0 radical (unpaired) electrons. The first-order valence-electron chi connectivity index (χ1n) is 7.34. The molecule has 0 fully saturated rings. The van der Waals surface area contributed by atoms with Crippen LogP contribution in [0, 0.1) is 13.8 Å². The average molecular weight is 293 g/mol. The standard InChI is InChI=1S/C16H27N3S/c1-6-8-11-19(7-2)20-18(5)13-17-16-10-9-14(3)12-15(16)4/h9-10,12-13H,6-8,11H2,1-5H3. The van der Waals surface area contributed by atoms with Crippen LogP contribution in [0.15, 0.2) is 23.2 Å². The van der Waals surface area contributed by atoms with Crippen LogP contribution < -0.4 is 0 Å². The van der Waals surface area contributed by atoms with Crippen LogP contribution in [0.3, 0.4) is 0 Å². The fourth-order valence-corrected chi connectivity index (χ4v) is 2.67. The first-order valence-corrected chi connectivity index (χ1v) is 8.07. The minimum Gasteiger partial charge on any atom is -0.297 e. The fourth-order valence-electron chi connectivity index (χ4n) is 1.89. The van der Waals surface area contributed by atoms with Crippen LogP contribution in [0.25, 0.3) is 0 Å². The van der Waals surface area contributed by atoms with Gasteiger partial charge in [-0.1, -0.05) is 38.0 Å². The largest absolute Gasteiger partial charge is 0.297 e. The van der Waals surface area contributed by atoms with Crippen molar-refractivity contribution < 1.29 is 0 Å². The Bertz CT molecular complexity index is 432. The lowest BCUT2D eigenvalue weighted by atomic mass is 10.1. The smallest absolute Gasteiger partial charge is 0.102 e. The molecule has 1 rings (SSSR count). The van der Waals surface area contributed by atoms with Crippen molar-refractivity contribution in [3.8, 4) is 0 Å². The Morgan fingerprint density at radius 2 is 2.00 bits per heavy atom. The third kappa shape index (κ3) is 5.97. The summed E-state index contributed by atoms with van der Waals surface area (Å²) < 4.78 is 4.43. The van der Waals surface area contributed by atoms with Crippen molar-refractivity contribution in [1.29, 1.82) is 0 Å². The summed E-state index contributed by atoms with van der Waals surface area (Å²) in [6, 6.07) is 6.35. The van der Waals surface area contributed by atoms with Gasteiger partial charge in [-0.15, -0.1) is 0 Å². The molecule has 0 saturated carbocycles. The monoisotopic (exact) mass is 293 g/mol. The minimum atomic E-state index is 1.04. The predicted molar refractivity (Wildman–Crippen MR) is 91.6 cm³/mol. The molecule has 0 aliphatic rings. The van der Waals surface area contributed by atoms with E-state index in [-0.39, 0.29) is 0 Å². The summed E-state index contributed by atoms with van der Waals surface area (Å²) >= 11 is 1.73. The Morgan fingerprint density at radius 1 is 1.25 bits per heavy atom. The van der Waals surface area contributed by atoms with E-state index < -0.39 is 0 Å². The van der Waals surface area contributed by atoms with Crippen molar-refractivity contribution in [2.45, 2.75) is 40.5 Å². The lowest BCUT2D eigenvalue weighted by Crippen LogP contribution is -2.22. The second-order valence-electron chi connectivity index (χ2n) is 5.04. The van der Waals surface area contributed by atoms with Crippen molar-refractivity contribution in [2.75, 3.05) is 20.1 Å². The Labute approximate surface area is 128 Å². The van der Waals surface area contributed by atoms with E-state index in [2.05, 4.69) is 59.5 Å². The fraction of sp³-hybridized carbons (Fsp3) is 0.562. The molecule has 1 aromatic rings. The van der Waals surface area contributed by atoms with Gasteiger partial charge < -0.3 is 0 Å². The van der Waals surface area contributed by atoms with E-state index in [1.807, 2.05) is 13.4 Å². The molecule has 0 saturated heterocycles. The van der Waals surface area contributed by atoms with Gasteiger partial charge in [-0.3, -0.25) is 4.31 Å². The van der Waals surface area contributed by atoms with Crippen molar-refractivity contribution >= 4 is 24.2 Å². The summed E-state index contributed by atoms with van der Waals surface area (Å²) in [6.07, 6.45) is 4.37. The van der Waals surface area contributed by atoms with Gasteiger partial charge in [0.25, 0.3) is 0 Å². The molecule has 0 aliphatic carbocycles. The zero-order chi connectivity index (χ0) is 15.0. The molecule has 3 nitrogen and oxygen atoms in total. The highest BCUT2D eigenvalue weighted by molar-refractivity contribution is 7.95. The number of benzene rings is 1. The summed E-state index contributed by atoms with van der Waals surface area (Å²) in [5.74, 6) is 0. The molecule has 0 heterocycles. The second-order valence-corrected chi connectivity index (χ2v) is 6.29. The third-order valence-electron chi connectivity index (χ3n) is 3.07. The van der Waals surface area contributed by atoms with Crippen LogP contribution in [-0.2, 0) is 0 Å². The quantitative estimate of drug-likeness (QED) is 0.397. The summed E-state index contributed by atoms with van der Waals surface area (Å²) in [6.45, 7) is 10.8. The van der Waals surface area contributed by atoms with Gasteiger partial charge in [0.15, 0.2) is 0 Å². The Hall–Kier alpha value is -1.00. The van der Waals surface area contributed by atoms with E-state index in [0.717, 1.165) is 18.8 Å². The number of hydrogen-bond donors (Lipinski definition) is 0. The molecule has 20 heavy (non-hydrogen) atoms. The van der Waals surface area contributed by atoms with Gasteiger partial charge in [-0.05, 0) is 31.9 Å². The first kappa shape index (κ1) is 17.1. The molecule has 0 unspecified atom stereocenters. The number of aryl methyl sites for hydroxylation is 2. The maximum Gasteiger partial charge on any atom is 0.102 e. The maximum atomic E-state index is 4.57. The highest BCUT2D eigenvalue weighted by atomic mass is 32.2. The van der Waals surface area contributed by atoms with Gasteiger partial charge in [0.05, 0.1) is 5.69 Å². The number of rotatable bonds is 8. The number of nitrogens with zero attached hydrogens (tertiary/aromatic N) is 3. The van der Waals surface area contributed by atoms with Gasteiger partial charge in [0, 0.05) is 32.3 Å². The number of hydrogen-bond acceptors (Lipinski definition) is 3. The van der Waals surface area contributed by atoms with Crippen molar-refractivity contribution in [2.24, 2.45) is 4.99 Å². The molecule has 112 valence electrons. The highest BCUT2D eigenvalue weighted by Crippen LogP contribution is 2.20. The van der Waals surface area contributed by atoms with E-state index in [1.54, 1.807) is 12.1 Å². The van der Waals surface area contributed by atoms with Crippen LogP contribution in [0.4, 0.5) is 5.69 Å². The van der Waals surface area contributed by atoms with E-state index in [4.69, 9.17) is 0 Å². The third-order valence-corrected chi connectivity index (χ3v) is 4.09. The van der Waals surface area contributed by atoms with Crippen LogP contribution in [-0.4, -0.2) is 35.1 Å². The highest BCUT2D eigenvalue weighted by Gasteiger charge is 2.05. The molecule has 0 spiro atoms. The van der Waals surface area contributed by atoms with Gasteiger partial charge >= 0.3 is 0 Å².